The average molecular weight is 195 g/mol. The van der Waals surface area contributed by atoms with Crippen LogP contribution in [-0.2, 0) is 0 Å². The summed E-state index contributed by atoms with van der Waals surface area (Å²) in [4.78, 5) is 0. The van der Waals surface area contributed by atoms with Crippen molar-refractivity contribution >= 4 is 0 Å². The van der Waals surface area contributed by atoms with Crippen LogP contribution in [0.3, 0.4) is 0 Å². The van der Waals surface area contributed by atoms with Gasteiger partial charge in [0.25, 0.3) is 0 Å². The standard InChI is InChI=1S/C13H25N/c1-2-9-14-12-10-13(11-12)7-5-3-4-6-8-13/h12,14H,2-11H2,1H3. The van der Waals surface area contributed by atoms with Crippen molar-refractivity contribution in [3.05, 3.63) is 0 Å². The zero-order valence-electron chi connectivity index (χ0n) is 9.65. The Bertz CT molecular complexity index is 160. The van der Waals surface area contributed by atoms with Crippen molar-refractivity contribution in [2.45, 2.75) is 70.8 Å². The summed E-state index contributed by atoms with van der Waals surface area (Å²) < 4.78 is 0. The molecule has 1 N–H and O–H groups in total. The van der Waals surface area contributed by atoms with Crippen LogP contribution in [0, 0.1) is 5.41 Å². The second-order valence-electron chi connectivity index (χ2n) is 5.47. The Hall–Kier alpha value is -0.0400. The first-order chi connectivity index (χ1) is 6.85. The van der Waals surface area contributed by atoms with Crippen molar-refractivity contribution in [2.24, 2.45) is 5.41 Å². The summed E-state index contributed by atoms with van der Waals surface area (Å²) >= 11 is 0. The molecule has 2 fully saturated rings. The third-order valence-electron chi connectivity index (χ3n) is 4.21. The topological polar surface area (TPSA) is 12.0 Å². The molecule has 0 aliphatic heterocycles. The quantitative estimate of drug-likeness (QED) is 0.727. The highest BCUT2D eigenvalue weighted by atomic mass is 14.9. The molecule has 82 valence electrons. The lowest BCUT2D eigenvalue weighted by atomic mass is 9.61. The van der Waals surface area contributed by atoms with Crippen LogP contribution in [0.5, 0.6) is 0 Å². The molecule has 1 nitrogen and oxygen atoms in total. The molecule has 2 aliphatic carbocycles. The van der Waals surface area contributed by atoms with Crippen LogP contribution < -0.4 is 5.32 Å². The SMILES string of the molecule is CCCNC1CC2(CCCCCC2)C1. The van der Waals surface area contributed by atoms with Crippen molar-refractivity contribution < 1.29 is 0 Å². The lowest BCUT2D eigenvalue weighted by Crippen LogP contribution is -2.48. The van der Waals surface area contributed by atoms with E-state index in [2.05, 4.69) is 12.2 Å². The van der Waals surface area contributed by atoms with Crippen LogP contribution in [0.4, 0.5) is 0 Å². The van der Waals surface area contributed by atoms with E-state index in [9.17, 15) is 0 Å². The summed E-state index contributed by atoms with van der Waals surface area (Å²) in [5, 5.41) is 3.66. The molecule has 0 aromatic rings. The van der Waals surface area contributed by atoms with Gasteiger partial charge < -0.3 is 5.32 Å². The molecule has 1 heteroatoms. The molecular weight excluding hydrogens is 170 g/mol. The maximum Gasteiger partial charge on any atom is 0.00776 e. The van der Waals surface area contributed by atoms with E-state index < -0.39 is 0 Å². The highest BCUT2D eigenvalue weighted by Crippen LogP contribution is 2.50. The van der Waals surface area contributed by atoms with Gasteiger partial charge in [-0.2, -0.15) is 0 Å². The van der Waals surface area contributed by atoms with Crippen LogP contribution in [-0.4, -0.2) is 12.6 Å². The molecule has 0 aromatic heterocycles. The predicted octanol–water partition coefficient (Wildman–Crippen LogP) is 3.49. The van der Waals surface area contributed by atoms with Crippen molar-refractivity contribution in [1.29, 1.82) is 0 Å². The molecule has 2 saturated carbocycles. The fourth-order valence-electron chi connectivity index (χ4n) is 3.37. The van der Waals surface area contributed by atoms with Gasteiger partial charge in [0.2, 0.25) is 0 Å². The number of hydrogen-bond donors (Lipinski definition) is 1. The maximum atomic E-state index is 3.66. The molecular formula is C13H25N. The fourth-order valence-corrected chi connectivity index (χ4v) is 3.37. The minimum absolute atomic E-state index is 0.794. The van der Waals surface area contributed by atoms with E-state index in [0.29, 0.717) is 0 Å². The van der Waals surface area contributed by atoms with Gasteiger partial charge in [-0.15, -0.1) is 0 Å². The van der Waals surface area contributed by atoms with E-state index in [-0.39, 0.29) is 0 Å². The molecule has 0 unspecified atom stereocenters. The lowest BCUT2D eigenvalue weighted by Gasteiger charge is -2.48. The molecule has 0 saturated heterocycles. The van der Waals surface area contributed by atoms with Gasteiger partial charge >= 0.3 is 0 Å². The van der Waals surface area contributed by atoms with Crippen LogP contribution in [0.1, 0.15) is 64.7 Å². The third-order valence-corrected chi connectivity index (χ3v) is 4.21. The highest BCUT2D eigenvalue weighted by molar-refractivity contribution is 4.97. The van der Waals surface area contributed by atoms with Gasteiger partial charge in [0.15, 0.2) is 0 Å². The van der Waals surface area contributed by atoms with E-state index in [1.807, 2.05) is 0 Å². The van der Waals surface area contributed by atoms with E-state index in [1.54, 1.807) is 0 Å². The van der Waals surface area contributed by atoms with Crippen molar-refractivity contribution in [1.82, 2.24) is 5.32 Å². The van der Waals surface area contributed by atoms with Crippen LogP contribution in [0.25, 0.3) is 0 Å². The van der Waals surface area contributed by atoms with Gasteiger partial charge in [0.1, 0.15) is 0 Å². The maximum absolute atomic E-state index is 3.66. The number of rotatable bonds is 3. The molecule has 0 atom stereocenters. The van der Waals surface area contributed by atoms with Crippen molar-refractivity contribution in [3.63, 3.8) is 0 Å². The fraction of sp³-hybridized carbons (Fsp3) is 1.00. The monoisotopic (exact) mass is 195 g/mol. The molecule has 0 bridgehead atoms. The van der Waals surface area contributed by atoms with Crippen LogP contribution in [0.15, 0.2) is 0 Å². The summed E-state index contributed by atoms with van der Waals surface area (Å²) in [7, 11) is 0. The van der Waals surface area contributed by atoms with E-state index in [1.165, 1.54) is 64.3 Å². The summed E-state index contributed by atoms with van der Waals surface area (Å²) in [6.07, 6.45) is 13.3. The van der Waals surface area contributed by atoms with E-state index in [4.69, 9.17) is 0 Å². The first-order valence-electron chi connectivity index (χ1n) is 6.58. The summed E-state index contributed by atoms with van der Waals surface area (Å²) in [6, 6.07) is 0.869. The predicted molar refractivity (Wildman–Crippen MR) is 61.5 cm³/mol. The molecule has 2 aliphatic rings. The second kappa shape index (κ2) is 4.65. The lowest BCUT2D eigenvalue weighted by molar-refractivity contribution is 0.0638. The summed E-state index contributed by atoms with van der Waals surface area (Å²) in [6.45, 7) is 3.48. The number of nitrogens with one attached hydrogen (secondary N) is 1. The first kappa shape index (κ1) is 10.5. The minimum atomic E-state index is 0.794. The Morgan fingerprint density at radius 2 is 1.71 bits per heavy atom. The van der Waals surface area contributed by atoms with Crippen molar-refractivity contribution in [3.8, 4) is 0 Å². The Kier molecular flexibility index (Phi) is 3.48. The molecule has 0 radical (unpaired) electrons. The Balaban J connectivity index is 1.72. The molecule has 0 amide bonds. The minimum Gasteiger partial charge on any atom is -0.314 e. The van der Waals surface area contributed by atoms with Crippen LogP contribution >= 0.6 is 0 Å². The smallest absolute Gasteiger partial charge is 0.00776 e. The van der Waals surface area contributed by atoms with Gasteiger partial charge in [-0.1, -0.05) is 32.6 Å². The van der Waals surface area contributed by atoms with E-state index in [0.717, 1.165) is 11.5 Å². The summed E-state index contributed by atoms with van der Waals surface area (Å²) in [5.41, 5.74) is 0.794. The van der Waals surface area contributed by atoms with Gasteiger partial charge in [0.05, 0.1) is 0 Å². The molecule has 0 aromatic carbocycles. The van der Waals surface area contributed by atoms with E-state index >= 15 is 0 Å². The van der Waals surface area contributed by atoms with Gasteiger partial charge in [-0.05, 0) is 44.1 Å². The van der Waals surface area contributed by atoms with Gasteiger partial charge in [0, 0.05) is 6.04 Å². The highest BCUT2D eigenvalue weighted by Gasteiger charge is 2.43. The Morgan fingerprint density at radius 3 is 2.29 bits per heavy atom. The third kappa shape index (κ3) is 2.31. The first-order valence-corrected chi connectivity index (χ1v) is 6.58. The molecule has 1 spiro atoms. The zero-order valence-corrected chi connectivity index (χ0v) is 9.65. The largest absolute Gasteiger partial charge is 0.314 e. The average Bonchev–Trinajstić information content (AvgIpc) is 2.38. The number of hydrogen-bond acceptors (Lipinski definition) is 1. The normalized spacial score (nSPS) is 27.2. The Labute approximate surface area is 88.7 Å². The Morgan fingerprint density at radius 1 is 1.07 bits per heavy atom. The second-order valence-corrected chi connectivity index (χ2v) is 5.47. The molecule has 2 rings (SSSR count). The zero-order chi connectivity index (χ0) is 9.86. The molecule has 14 heavy (non-hydrogen) atoms. The van der Waals surface area contributed by atoms with Gasteiger partial charge in [-0.25, -0.2) is 0 Å². The summed E-state index contributed by atoms with van der Waals surface area (Å²) in [5.74, 6) is 0. The van der Waals surface area contributed by atoms with Gasteiger partial charge in [-0.3, -0.25) is 0 Å². The van der Waals surface area contributed by atoms with Crippen molar-refractivity contribution in [2.75, 3.05) is 6.54 Å². The van der Waals surface area contributed by atoms with Crippen LogP contribution in [0.2, 0.25) is 0 Å². The molecule has 0 heterocycles.